The molecular weight excluding hydrogens is 315 g/mol. The normalized spacial score (nSPS) is 11.8. The molecule has 2 N–H and O–H groups in total. The lowest BCUT2D eigenvalue weighted by Gasteiger charge is -2.22. The van der Waals surface area contributed by atoms with Crippen molar-refractivity contribution in [1.82, 2.24) is 4.31 Å². The van der Waals surface area contributed by atoms with Gasteiger partial charge in [0.1, 0.15) is 5.82 Å². The molecule has 2 aromatic carbocycles. The molecule has 0 saturated heterocycles. The zero-order valence-electron chi connectivity index (χ0n) is 13.1. The van der Waals surface area contributed by atoms with E-state index in [2.05, 4.69) is 0 Å². The van der Waals surface area contributed by atoms with Crippen LogP contribution in [-0.2, 0) is 16.4 Å². The Labute approximate surface area is 136 Å². The van der Waals surface area contributed by atoms with Crippen LogP contribution in [0.5, 0.6) is 0 Å². The first-order valence-corrected chi connectivity index (χ1v) is 8.90. The lowest BCUT2D eigenvalue weighted by atomic mass is 10.1. The van der Waals surface area contributed by atoms with E-state index in [9.17, 15) is 12.8 Å². The molecule has 2 rings (SSSR count). The van der Waals surface area contributed by atoms with Gasteiger partial charge in [-0.3, -0.25) is 0 Å². The molecule has 0 bridgehead atoms. The second kappa shape index (κ2) is 7.68. The molecule has 0 saturated carbocycles. The van der Waals surface area contributed by atoms with Crippen molar-refractivity contribution < 1.29 is 12.8 Å². The number of nitrogens with two attached hydrogens (primary N) is 1. The lowest BCUT2D eigenvalue weighted by Crippen LogP contribution is -2.37. The first kappa shape index (κ1) is 17.6. The highest BCUT2D eigenvalue weighted by atomic mass is 32.2. The molecule has 23 heavy (non-hydrogen) atoms. The Hall–Kier alpha value is -1.76. The van der Waals surface area contributed by atoms with E-state index in [0.29, 0.717) is 13.0 Å². The van der Waals surface area contributed by atoms with Gasteiger partial charge in [0.05, 0.1) is 4.90 Å². The van der Waals surface area contributed by atoms with Crippen LogP contribution in [-0.4, -0.2) is 32.4 Å². The van der Waals surface area contributed by atoms with Gasteiger partial charge in [-0.25, -0.2) is 12.8 Å². The van der Waals surface area contributed by atoms with Crippen LogP contribution < -0.4 is 5.73 Å². The van der Waals surface area contributed by atoms with E-state index < -0.39 is 15.8 Å². The van der Waals surface area contributed by atoms with Gasteiger partial charge in [0.25, 0.3) is 0 Å². The van der Waals surface area contributed by atoms with Crippen molar-refractivity contribution in [2.45, 2.75) is 18.2 Å². The van der Waals surface area contributed by atoms with E-state index in [1.807, 2.05) is 30.3 Å². The standard InChI is InChI=1S/C17H21FN2O2S/c1-14-16(18)8-5-9-17(14)23(21,22)20(13-11-19)12-10-15-6-3-2-4-7-15/h2-9H,10-13,19H2,1H3. The molecule has 0 aliphatic carbocycles. The first-order valence-electron chi connectivity index (χ1n) is 7.46. The smallest absolute Gasteiger partial charge is 0.243 e. The van der Waals surface area contributed by atoms with Gasteiger partial charge in [0, 0.05) is 25.2 Å². The van der Waals surface area contributed by atoms with E-state index in [-0.39, 0.29) is 23.5 Å². The zero-order chi connectivity index (χ0) is 16.9. The second-order valence-electron chi connectivity index (χ2n) is 5.29. The summed E-state index contributed by atoms with van der Waals surface area (Å²) in [4.78, 5) is -0.000915. The fourth-order valence-corrected chi connectivity index (χ4v) is 4.09. The average Bonchev–Trinajstić information content (AvgIpc) is 2.54. The van der Waals surface area contributed by atoms with E-state index in [0.717, 1.165) is 5.56 Å². The maximum atomic E-state index is 13.7. The largest absolute Gasteiger partial charge is 0.329 e. The maximum Gasteiger partial charge on any atom is 0.243 e. The molecule has 0 radical (unpaired) electrons. The molecule has 0 amide bonds. The van der Waals surface area contributed by atoms with Gasteiger partial charge in [0.15, 0.2) is 0 Å². The molecule has 6 heteroatoms. The van der Waals surface area contributed by atoms with Crippen molar-refractivity contribution in [1.29, 1.82) is 0 Å². The molecule has 0 aliphatic heterocycles. The summed E-state index contributed by atoms with van der Waals surface area (Å²) in [6.45, 7) is 2.19. The topological polar surface area (TPSA) is 63.4 Å². The van der Waals surface area contributed by atoms with Gasteiger partial charge < -0.3 is 5.73 Å². The van der Waals surface area contributed by atoms with Crippen molar-refractivity contribution in [3.05, 3.63) is 65.5 Å². The van der Waals surface area contributed by atoms with Gasteiger partial charge in [0.2, 0.25) is 10.0 Å². The summed E-state index contributed by atoms with van der Waals surface area (Å²) in [6.07, 6.45) is 0.578. The van der Waals surface area contributed by atoms with Crippen LogP contribution >= 0.6 is 0 Å². The second-order valence-corrected chi connectivity index (χ2v) is 7.20. The number of halogens is 1. The summed E-state index contributed by atoms with van der Waals surface area (Å²) in [6, 6.07) is 13.7. The molecule has 2 aromatic rings. The number of hydrogen-bond donors (Lipinski definition) is 1. The third kappa shape index (κ3) is 4.16. The average molecular weight is 336 g/mol. The molecular formula is C17H21FN2O2S. The summed E-state index contributed by atoms with van der Waals surface area (Å²) < 4.78 is 40.7. The number of nitrogens with zero attached hydrogens (tertiary/aromatic N) is 1. The molecule has 124 valence electrons. The number of hydrogen-bond acceptors (Lipinski definition) is 3. The number of benzene rings is 2. The Morgan fingerprint density at radius 2 is 1.74 bits per heavy atom. The van der Waals surface area contributed by atoms with Crippen LogP contribution in [0.3, 0.4) is 0 Å². The molecule has 0 fully saturated rings. The van der Waals surface area contributed by atoms with Gasteiger partial charge in [-0.1, -0.05) is 36.4 Å². The van der Waals surface area contributed by atoms with Crippen LogP contribution in [0.25, 0.3) is 0 Å². The van der Waals surface area contributed by atoms with Crippen molar-refractivity contribution in [2.75, 3.05) is 19.6 Å². The SMILES string of the molecule is Cc1c(F)cccc1S(=O)(=O)N(CCN)CCc1ccccc1. The number of rotatable bonds is 7. The van der Waals surface area contributed by atoms with Gasteiger partial charge in [-0.05, 0) is 31.0 Å². The Morgan fingerprint density at radius 1 is 1.04 bits per heavy atom. The minimum Gasteiger partial charge on any atom is -0.329 e. The molecule has 0 aromatic heterocycles. The van der Waals surface area contributed by atoms with Crippen LogP contribution in [0, 0.1) is 12.7 Å². The number of sulfonamides is 1. The van der Waals surface area contributed by atoms with Gasteiger partial charge in [-0.15, -0.1) is 0 Å². The van der Waals surface area contributed by atoms with E-state index in [1.54, 1.807) is 0 Å². The fourth-order valence-electron chi connectivity index (χ4n) is 2.40. The van der Waals surface area contributed by atoms with Gasteiger partial charge in [-0.2, -0.15) is 4.31 Å². The highest BCUT2D eigenvalue weighted by Crippen LogP contribution is 2.22. The Kier molecular flexibility index (Phi) is 5.87. The summed E-state index contributed by atoms with van der Waals surface area (Å²) in [5, 5.41) is 0. The Bertz CT molecular complexity index is 748. The lowest BCUT2D eigenvalue weighted by molar-refractivity contribution is 0.421. The predicted octanol–water partition coefficient (Wildman–Crippen LogP) is 2.33. The van der Waals surface area contributed by atoms with E-state index in [1.165, 1.54) is 29.4 Å². The minimum atomic E-state index is -3.77. The van der Waals surface area contributed by atoms with Crippen LogP contribution in [0.15, 0.2) is 53.4 Å². The summed E-state index contributed by atoms with van der Waals surface area (Å²) in [5.74, 6) is -0.526. The van der Waals surface area contributed by atoms with Crippen LogP contribution in [0.1, 0.15) is 11.1 Å². The Morgan fingerprint density at radius 3 is 2.39 bits per heavy atom. The fraction of sp³-hybridized carbons (Fsp3) is 0.294. The van der Waals surface area contributed by atoms with Crippen LogP contribution in [0.4, 0.5) is 4.39 Å². The third-order valence-corrected chi connectivity index (χ3v) is 5.75. The minimum absolute atomic E-state index is 0.000915. The third-order valence-electron chi connectivity index (χ3n) is 3.71. The van der Waals surface area contributed by atoms with E-state index in [4.69, 9.17) is 5.73 Å². The first-order chi connectivity index (χ1) is 11.0. The summed E-state index contributed by atoms with van der Waals surface area (Å²) in [7, 11) is -3.77. The highest BCUT2D eigenvalue weighted by Gasteiger charge is 2.26. The van der Waals surface area contributed by atoms with Crippen molar-refractivity contribution in [3.63, 3.8) is 0 Å². The zero-order valence-corrected chi connectivity index (χ0v) is 13.9. The maximum absolute atomic E-state index is 13.7. The van der Waals surface area contributed by atoms with Crippen molar-refractivity contribution in [3.8, 4) is 0 Å². The molecule has 0 atom stereocenters. The molecule has 0 spiro atoms. The summed E-state index contributed by atoms with van der Waals surface area (Å²) >= 11 is 0. The van der Waals surface area contributed by atoms with Crippen molar-refractivity contribution in [2.24, 2.45) is 5.73 Å². The van der Waals surface area contributed by atoms with Crippen molar-refractivity contribution >= 4 is 10.0 Å². The quantitative estimate of drug-likeness (QED) is 0.844. The molecule has 4 nitrogen and oxygen atoms in total. The monoisotopic (exact) mass is 336 g/mol. The predicted molar refractivity (Wildman–Crippen MR) is 89.1 cm³/mol. The summed E-state index contributed by atoms with van der Waals surface area (Å²) in [5.41, 5.74) is 6.74. The molecule has 0 unspecified atom stereocenters. The highest BCUT2D eigenvalue weighted by molar-refractivity contribution is 7.89. The molecule has 0 aliphatic rings. The van der Waals surface area contributed by atoms with Gasteiger partial charge >= 0.3 is 0 Å². The van der Waals surface area contributed by atoms with E-state index >= 15 is 0 Å². The van der Waals surface area contributed by atoms with Crippen LogP contribution in [0.2, 0.25) is 0 Å². The Balaban J connectivity index is 2.26. The molecule has 0 heterocycles.